The number of carbonyl (C=O) groups excluding carboxylic acids is 2. The molecule has 0 aromatic heterocycles. The molecule has 1 aliphatic rings. The Labute approximate surface area is 177 Å². The van der Waals surface area contributed by atoms with Crippen LogP contribution >= 0.6 is 0 Å². The summed E-state index contributed by atoms with van der Waals surface area (Å²) < 4.78 is 5.28. The molecule has 30 heavy (non-hydrogen) atoms. The lowest BCUT2D eigenvalue weighted by molar-refractivity contribution is -0.139. The highest BCUT2D eigenvalue weighted by Gasteiger charge is 2.45. The number of ketones is 1. The van der Waals surface area contributed by atoms with Crippen LogP contribution in [-0.4, -0.2) is 49.4 Å². The zero-order valence-corrected chi connectivity index (χ0v) is 18.1. The molecule has 1 amide bonds. The van der Waals surface area contributed by atoms with Crippen LogP contribution in [0.4, 0.5) is 5.69 Å². The minimum absolute atomic E-state index is 0.121. The number of aliphatic hydroxyl groups excluding tert-OH is 1. The van der Waals surface area contributed by atoms with Gasteiger partial charge in [0, 0.05) is 31.9 Å². The lowest BCUT2D eigenvalue weighted by Crippen LogP contribution is -2.30. The molecule has 1 unspecified atom stereocenters. The van der Waals surface area contributed by atoms with Crippen molar-refractivity contribution in [1.82, 2.24) is 4.90 Å². The van der Waals surface area contributed by atoms with Crippen LogP contribution in [0.1, 0.15) is 36.1 Å². The number of hydrogen-bond acceptors (Lipinski definition) is 5. The number of anilines is 1. The van der Waals surface area contributed by atoms with Crippen molar-refractivity contribution in [2.75, 3.05) is 32.6 Å². The molecule has 1 fully saturated rings. The maximum atomic E-state index is 12.9. The Bertz CT molecular complexity index is 993. The third-order valence-electron chi connectivity index (χ3n) is 5.40. The average molecular weight is 408 g/mol. The minimum Gasteiger partial charge on any atom is -0.507 e. The number of Topliss-reactive ketones (excluding diaryl/α,β-unsaturated/α-hetero) is 1. The molecule has 0 aliphatic carbocycles. The summed E-state index contributed by atoms with van der Waals surface area (Å²) >= 11 is 0. The molecule has 1 aliphatic heterocycles. The Morgan fingerprint density at radius 3 is 2.33 bits per heavy atom. The van der Waals surface area contributed by atoms with E-state index in [4.69, 9.17) is 4.74 Å². The Balaban J connectivity index is 2.15. The molecule has 6 heteroatoms. The van der Waals surface area contributed by atoms with Crippen molar-refractivity contribution in [3.05, 3.63) is 64.7 Å². The minimum atomic E-state index is -0.656. The number of likely N-dealkylation sites (tertiary alicyclic amines) is 1. The first kappa shape index (κ1) is 21.4. The van der Waals surface area contributed by atoms with Gasteiger partial charge in [-0.15, -0.1) is 0 Å². The first-order chi connectivity index (χ1) is 14.3. The Kier molecular flexibility index (Phi) is 6.15. The third-order valence-corrected chi connectivity index (χ3v) is 5.40. The molecular formula is C24H28N2O4. The zero-order chi connectivity index (χ0) is 22.0. The number of amides is 1. The summed E-state index contributed by atoms with van der Waals surface area (Å²) in [7, 11) is 5.48. The van der Waals surface area contributed by atoms with Gasteiger partial charge in [0.1, 0.15) is 11.5 Å². The van der Waals surface area contributed by atoms with E-state index in [2.05, 4.69) is 0 Å². The van der Waals surface area contributed by atoms with Gasteiger partial charge in [-0.25, -0.2) is 0 Å². The zero-order valence-electron chi connectivity index (χ0n) is 18.1. The van der Waals surface area contributed by atoms with Crippen molar-refractivity contribution in [2.45, 2.75) is 26.3 Å². The predicted molar refractivity (Wildman–Crippen MR) is 118 cm³/mol. The van der Waals surface area contributed by atoms with E-state index in [1.165, 1.54) is 0 Å². The Hall–Kier alpha value is -3.28. The Morgan fingerprint density at radius 2 is 1.80 bits per heavy atom. The number of aliphatic hydroxyl groups is 1. The van der Waals surface area contributed by atoms with Crippen LogP contribution in [-0.2, 0) is 9.59 Å². The standard InChI is InChI=1S/C24H28N2O4/c1-6-13-26-21(16-7-10-18(11-8-16)25(3)4)20(23(28)24(26)29)22(27)17-9-12-19(30-5)15(2)14-17/h7-12,14,21,27H,6,13H2,1-5H3/b22-20-. The summed E-state index contributed by atoms with van der Waals surface area (Å²) in [5, 5.41) is 11.1. The van der Waals surface area contributed by atoms with Gasteiger partial charge in [0.05, 0.1) is 18.7 Å². The molecule has 1 heterocycles. The predicted octanol–water partition coefficient (Wildman–Crippen LogP) is 3.90. The highest BCUT2D eigenvalue weighted by atomic mass is 16.5. The second-order valence-corrected chi connectivity index (χ2v) is 7.66. The average Bonchev–Trinajstić information content (AvgIpc) is 2.98. The van der Waals surface area contributed by atoms with Crippen LogP contribution in [0.15, 0.2) is 48.0 Å². The molecule has 0 saturated carbocycles. The summed E-state index contributed by atoms with van der Waals surface area (Å²) in [5.74, 6) is -0.713. The van der Waals surface area contributed by atoms with Gasteiger partial charge >= 0.3 is 0 Å². The van der Waals surface area contributed by atoms with Crippen molar-refractivity contribution in [2.24, 2.45) is 0 Å². The normalized spacial score (nSPS) is 18.0. The molecule has 2 aromatic carbocycles. The van der Waals surface area contributed by atoms with Crippen molar-refractivity contribution in [1.29, 1.82) is 0 Å². The van der Waals surface area contributed by atoms with Crippen molar-refractivity contribution < 1.29 is 19.4 Å². The van der Waals surface area contributed by atoms with Gasteiger partial charge in [-0.3, -0.25) is 9.59 Å². The third kappa shape index (κ3) is 3.77. The highest BCUT2D eigenvalue weighted by molar-refractivity contribution is 6.46. The number of benzene rings is 2. The number of methoxy groups -OCH3 is 1. The molecule has 3 rings (SSSR count). The fourth-order valence-corrected chi connectivity index (χ4v) is 3.83. The molecule has 1 N–H and O–H groups in total. The van der Waals surface area contributed by atoms with Crippen molar-refractivity contribution in [3.8, 4) is 5.75 Å². The van der Waals surface area contributed by atoms with Gasteiger partial charge in [0.25, 0.3) is 11.7 Å². The van der Waals surface area contributed by atoms with Gasteiger partial charge in [-0.05, 0) is 54.8 Å². The second-order valence-electron chi connectivity index (χ2n) is 7.66. The summed E-state index contributed by atoms with van der Waals surface area (Å²) in [6.07, 6.45) is 0.709. The van der Waals surface area contributed by atoms with Crippen LogP contribution in [0.2, 0.25) is 0 Å². The van der Waals surface area contributed by atoms with E-state index in [-0.39, 0.29) is 11.3 Å². The molecule has 2 aromatic rings. The summed E-state index contributed by atoms with van der Waals surface area (Å²) in [6.45, 7) is 4.25. The van der Waals surface area contributed by atoms with E-state index in [1.807, 2.05) is 57.1 Å². The van der Waals surface area contributed by atoms with E-state index < -0.39 is 17.7 Å². The number of nitrogens with zero attached hydrogens (tertiary/aromatic N) is 2. The summed E-state index contributed by atoms with van der Waals surface area (Å²) in [6, 6.07) is 12.3. The second kappa shape index (κ2) is 8.61. The quantitative estimate of drug-likeness (QED) is 0.446. The van der Waals surface area contributed by atoms with Crippen LogP contribution in [0.25, 0.3) is 5.76 Å². The number of rotatable bonds is 6. The smallest absolute Gasteiger partial charge is 0.295 e. The van der Waals surface area contributed by atoms with Crippen LogP contribution in [0.3, 0.4) is 0 Å². The van der Waals surface area contributed by atoms with E-state index in [0.29, 0.717) is 24.3 Å². The van der Waals surface area contributed by atoms with Crippen molar-refractivity contribution >= 4 is 23.1 Å². The van der Waals surface area contributed by atoms with E-state index in [0.717, 1.165) is 16.8 Å². The fourth-order valence-electron chi connectivity index (χ4n) is 3.83. The maximum absolute atomic E-state index is 12.9. The van der Waals surface area contributed by atoms with Gasteiger partial charge in [-0.1, -0.05) is 19.1 Å². The molecule has 0 radical (unpaired) electrons. The molecule has 6 nitrogen and oxygen atoms in total. The molecule has 158 valence electrons. The molecule has 0 bridgehead atoms. The summed E-state index contributed by atoms with van der Waals surface area (Å²) in [5.41, 5.74) is 3.24. The van der Waals surface area contributed by atoms with E-state index in [1.54, 1.807) is 30.2 Å². The van der Waals surface area contributed by atoms with Gasteiger partial charge < -0.3 is 19.6 Å². The van der Waals surface area contributed by atoms with E-state index >= 15 is 0 Å². The van der Waals surface area contributed by atoms with Crippen molar-refractivity contribution in [3.63, 3.8) is 0 Å². The van der Waals surface area contributed by atoms with E-state index in [9.17, 15) is 14.7 Å². The maximum Gasteiger partial charge on any atom is 0.295 e. The largest absolute Gasteiger partial charge is 0.507 e. The Morgan fingerprint density at radius 1 is 1.13 bits per heavy atom. The van der Waals surface area contributed by atoms with Gasteiger partial charge in [-0.2, -0.15) is 0 Å². The van der Waals surface area contributed by atoms with Crippen LogP contribution in [0, 0.1) is 6.92 Å². The molecule has 1 atom stereocenters. The monoisotopic (exact) mass is 408 g/mol. The van der Waals surface area contributed by atoms with Gasteiger partial charge in [0.2, 0.25) is 0 Å². The summed E-state index contributed by atoms with van der Waals surface area (Å²) in [4.78, 5) is 29.2. The lowest BCUT2D eigenvalue weighted by Gasteiger charge is -2.25. The van der Waals surface area contributed by atoms with Gasteiger partial charge in [0.15, 0.2) is 0 Å². The highest BCUT2D eigenvalue weighted by Crippen LogP contribution is 2.40. The van der Waals surface area contributed by atoms with Crippen LogP contribution < -0.4 is 9.64 Å². The molecule has 0 spiro atoms. The molecule has 1 saturated heterocycles. The first-order valence-corrected chi connectivity index (χ1v) is 10.0. The number of carbonyl (C=O) groups is 2. The lowest BCUT2D eigenvalue weighted by atomic mass is 9.94. The van der Waals surface area contributed by atoms with Crippen LogP contribution in [0.5, 0.6) is 5.75 Å². The number of aryl methyl sites for hydroxylation is 1. The fraction of sp³-hybridized carbons (Fsp3) is 0.333. The first-order valence-electron chi connectivity index (χ1n) is 10.0. The topological polar surface area (TPSA) is 70.1 Å². The SMILES string of the molecule is CCCN1C(=O)C(=O)/C(=C(\O)c2ccc(OC)c(C)c2)C1c1ccc(N(C)C)cc1. The number of hydrogen-bond donors (Lipinski definition) is 1. The molecular weight excluding hydrogens is 380 g/mol. The number of ether oxygens (including phenoxy) is 1.